The number of nitriles is 1. The Morgan fingerprint density at radius 2 is 2.12 bits per heavy atom. The Hall–Kier alpha value is -1.60. The number of hydrogen-bond donors (Lipinski definition) is 1. The zero-order valence-corrected chi connectivity index (χ0v) is 9.69. The predicted octanol–water partition coefficient (Wildman–Crippen LogP) is 2.70. The lowest BCUT2D eigenvalue weighted by atomic mass is 10.1. The van der Waals surface area contributed by atoms with E-state index in [0.29, 0.717) is 0 Å². The minimum Gasteiger partial charge on any atom is -0.372 e. The van der Waals surface area contributed by atoms with E-state index in [1.807, 2.05) is 6.92 Å². The molecule has 1 aromatic carbocycles. The van der Waals surface area contributed by atoms with Crippen LogP contribution in [0.15, 0.2) is 24.3 Å². The lowest BCUT2D eigenvalue weighted by molar-refractivity contribution is 0.0534. The highest BCUT2D eigenvalue weighted by Gasteiger charge is 2.29. The summed E-state index contributed by atoms with van der Waals surface area (Å²) in [5.41, 5.74) is 0.737. The SMILES string of the molecule is CC1CCC(C(C#N)Nc2ccc(F)cc2)O1. The minimum absolute atomic E-state index is 0.0833. The first-order chi connectivity index (χ1) is 8.19. The molecule has 1 aromatic rings. The van der Waals surface area contributed by atoms with Gasteiger partial charge >= 0.3 is 0 Å². The summed E-state index contributed by atoms with van der Waals surface area (Å²) in [6, 6.07) is 7.80. The number of nitrogens with zero attached hydrogens (tertiary/aromatic N) is 1. The van der Waals surface area contributed by atoms with Gasteiger partial charge in [0.15, 0.2) is 0 Å². The number of anilines is 1. The van der Waals surface area contributed by atoms with E-state index in [2.05, 4.69) is 11.4 Å². The fraction of sp³-hybridized carbons (Fsp3) is 0.462. The quantitative estimate of drug-likeness (QED) is 0.874. The van der Waals surface area contributed by atoms with Crippen molar-refractivity contribution in [3.63, 3.8) is 0 Å². The number of halogens is 1. The van der Waals surface area contributed by atoms with Crippen molar-refractivity contribution < 1.29 is 9.13 Å². The highest BCUT2D eigenvalue weighted by molar-refractivity contribution is 5.45. The molecular formula is C13H15FN2O. The van der Waals surface area contributed by atoms with Gasteiger partial charge in [-0.1, -0.05) is 0 Å². The maximum Gasteiger partial charge on any atom is 0.141 e. The minimum atomic E-state index is -0.384. The monoisotopic (exact) mass is 234 g/mol. The Morgan fingerprint density at radius 3 is 2.65 bits per heavy atom. The van der Waals surface area contributed by atoms with Crippen LogP contribution in [0.3, 0.4) is 0 Å². The van der Waals surface area contributed by atoms with Gasteiger partial charge in [-0.2, -0.15) is 5.26 Å². The number of nitrogens with one attached hydrogen (secondary N) is 1. The predicted molar refractivity (Wildman–Crippen MR) is 63.0 cm³/mol. The van der Waals surface area contributed by atoms with Crippen molar-refractivity contribution in [2.75, 3.05) is 5.32 Å². The van der Waals surface area contributed by atoms with E-state index < -0.39 is 0 Å². The molecule has 0 amide bonds. The maximum absolute atomic E-state index is 12.7. The first-order valence-corrected chi connectivity index (χ1v) is 5.76. The standard InChI is InChI=1S/C13H15FN2O/c1-9-2-7-13(17-9)12(8-15)16-11-5-3-10(14)4-6-11/h3-6,9,12-13,16H,2,7H2,1H3. The van der Waals surface area contributed by atoms with E-state index in [9.17, 15) is 4.39 Å². The van der Waals surface area contributed by atoms with Crippen LogP contribution in [0, 0.1) is 17.1 Å². The summed E-state index contributed by atoms with van der Waals surface area (Å²) in [7, 11) is 0. The number of ether oxygens (including phenoxy) is 1. The van der Waals surface area contributed by atoms with Crippen molar-refractivity contribution in [3.05, 3.63) is 30.1 Å². The van der Waals surface area contributed by atoms with Crippen molar-refractivity contribution in [2.45, 2.75) is 38.0 Å². The van der Waals surface area contributed by atoms with Crippen molar-refractivity contribution in [3.8, 4) is 6.07 Å². The second-order valence-electron chi connectivity index (χ2n) is 4.32. The average Bonchev–Trinajstić information content (AvgIpc) is 2.75. The highest BCUT2D eigenvalue weighted by atomic mass is 19.1. The summed E-state index contributed by atoms with van der Waals surface area (Å²) in [4.78, 5) is 0. The van der Waals surface area contributed by atoms with E-state index in [4.69, 9.17) is 10.00 Å². The third kappa shape index (κ3) is 2.95. The molecule has 0 radical (unpaired) electrons. The van der Waals surface area contributed by atoms with Gasteiger partial charge in [0.1, 0.15) is 11.9 Å². The van der Waals surface area contributed by atoms with Crippen LogP contribution in [0.25, 0.3) is 0 Å². The summed E-state index contributed by atoms with van der Waals surface area (Å²) < 4.78 is 18.4. The van der Waals surface area contributed by atoms with E-state index in [-0.39, 0.29) is 24.1 Å². The fourth-order valence-electron chi connectivity index (χ4n) is 2.01. The third-order valence-electron chi connectivity index (χ3n) is 2.94. The Morgan fingerprint density at radius 1 is 1.41 bits per heavy atom. The van der Waals surface area contributed by atoms with Gasteiger partial charge in [0.2, 0.25) is 0 Å². The van der Waals surface area contributed by atoms with Gasteiger partial charge in [-0.15, -0.1) is 0 Å². The molecule has 0 saturated carbocycles. The van der Waals surface area contributed by atoms with Gasteiger partial charge in [0, 0.05) is 5.69 Å². The van der Waals surface area contributed by atoms with Gasteiger partial charge in [0.05, 0.1) is 18.3 Å². The topological polar surface area (TPSA) is 45.0 Å². The van der Waals surface area contributed by atoms with Gasteiger partial charge in [-0.05, 0) is 44.0 Å². The fourth-order valence-corrected chi connectivity index (χ4v) is 2.01. The zero-order chi connectivity index (χ0) is 12.3. The molecule has 1 heterocycles. The number of benzene rings is 1. The first-order valence-electron chi connectivity index (χ1n) is 5.76. The van der Waals surface area contributed by atoms with E-state index in [1.54, 1.807) is 12.1 Å². The van der Waals surface area contributed by atoms with Crippen LogP contribution in [0.5, 0.6) is 0 Å². The molecule has 3 atom stereocenters. The van der Waals surface area contributed by atoms with Crippen LogP contribution in [0.1, 0.15) is 19.8 Å². The molecule has 3 unspecified atom stereocenters. The summed E-state index contributed by atoms with van der Waals surface area (Å²) in [6.07, 6.45) is 1.99. The maximum atomic E-state index is 12.7. The Labute approximate surface area is 100 Å². The average molecular weight is 234 g/mol. The van der Waals surface area contributed by atoms with E-state index >= 15 is 0 Å². The van der Waals surface area contributed by atoms with Crippen LogP contribution < -0.4 is 5.32 Å². The van der Waals surface area contributed by atoms with Crippen LogP contribution in [0.4, 0.5) is 10.1 Å². The van der Waals surface area contributed by atoms with Crippen LogP contribution in [-0.4, -0.2) is 18.2 Å². The molecular weight excluding hydrogens is 219 g/mol. The smallest absolute Gasteiger partial charge is 0.141 e. The molecule has 2 rings (SSSR count). The molecule has 3 nitrogen and oxygen atoms in total. The summed E-state index contributed by atoms with van der Waals surface area (Å²) in [5, 5.41) is 12.2. The third-order valence-corrected chi connectivity index (χ3v) is 2.94. The Bertz CT molecular complexity index is 412. The van der Waals surface area contributed by atoms with Crippen LogP contribution >= 0.6 is 0 Å². The lowest BCUT2D eigenvalue weighted by Gasteiger charge is -2.19. The molecule has 0 bridgehead atoms. The lowest BCUT2D eigenvalue weighted by Crippen LogP contribution is -2.32. The molecule has 4 heteroatoms. The molecule has 90 valence electrons. The molecule has 1 aliphatic heterocycles. The zero-order valence-electron chi connectivity index (χ0n) is 9.69. The van der Waals surface area contributed by atoms with Crippen molar-refractivity contribution in [1.29, 1.82) is 5.26 Å². The number of rotatable bonds is 3. The molecule has 0 aliphatic carbocycles. The summed E-state index contributed by atoms with van der Waals surface area (Å²) >= 11 is 0. The second kappa shape index (κ2) is 5.15. The normalized spacial score (nSPS) is 25.2. The molecule has 1 fully saturated rings. The van der Waals surface area contributed by atoms with Gasteiger partial charge in [0.25, 0.3) is 0 Å². The molecule has 17 heavy (non-hydrogen) atoms. The summed E-state index contributed by atoms with van der Waals surface area (Å²) in [6.45, 7) is 2.01. The highest BCUT2D eigenvalue weighted by Crippen LogP contribution is 2.23. The Balaban J connectivity index is 2.00. The Kier molecular flexibility index (Phi) is 3.60. The van der Waals surface area contributed by atoms with E-state index in [1.165, 1.54) is 12.1 Å². The summed E-state index contributed by atoms with van der Waals surface area (Å²) in [5.74, 6) is -0.283. The second-order valence-corrected chi connectivity index (χ2v) is 4.32. The van der Waals surface area contributed by atoms with Gasteiger partial charge in [-0.3, -0.25) is 0 Å². The van der Waals surface area contributed by atoms with Gasteiger partial charge in [-0.25, -0.2) is 4.39 Å². The van der Waals surface area contributed by atoms with Gasteiger partial charge < -0.3 is 10.1 Å². The van der Waals surface area contributed by atoms with Crippen LogP contribution in [-0.2, 0) is 4.74 Å². The number of hydrogen-bond acceptors (Lipinski definition) is 3. The van der Waals surface area contributed by atoms with Crippen molar-refractivity contribution >= 4 is 5.69 Å². The first kappa shape index (κ1) is 11.9. The molecule has 0 aromatic heterocycles. The molecule has 1 N–H and O–H groups in total. The van der Waals surface area contributed by atoms with E-state index in [0.717, 1.165) is 18.5 Å². The van der Waals surface area contributed by atoms with Crippen LogP contribution in [0.2, 0.25) is 0 Å². The molecule has 1 aliphatic rings. The molecule has 0 spiro atoms. The molecule has 1 saturated heterocycles. The van der Waals surface area contributed by atoms with Crippen molar-refractivity contribution in [2.24, 2.45) is 0 Å². The van der Waals surface area contributed by atoms with Crippen molar-refractivity contribution in [1.82, 2.24) is 0 Å². The largest absolute Gasteiger partial charge is 0.372 e.